The zero-order valence-electron chi connectivity index (χ0n) is 13.7. The van der Waals surface area contributed by atoms with Gasteiger partial charge in [0.1, 0.15) is 11.6 Å². The van der Waals surface area contributed by atoms with Crippen LogP contribution in [-0.2, 0) is 11.2 Å². The predicted octanol–water partition coefficient (Wildman–Crippen LogP) is 4.30. The summed E-state index contributed by atoms with van der Waals surface area (Å²) in [4.78, 5) is 10.3. The first-order valence-electron chi connectivity index (χ1n) is 7.73. The summed E-state index contributed by atoms with van der Waals surface area (Å²) in [5, 5.41) is 8.46. The molecule has 0 saturated heterocycles. The van der Waals surface area contributed by atoms with Gasteiger partial charge in [-0.05, 0) is 49.6 Å². The number of aliphatic carboxylic acids is 1. The van der Waals surface area contributed by atoms with E-state index in [2.05, 4.69) is 11.8 Å². The quantitative estimate of drug-likeness (QED) is 0.833. The molecule has 3 nitrogen and oxygen atoms in total. The van der Waals surface area contributed by atoms with E-state index >= 15 is 0 Å². The van der Waals surface area contributed by atoms with E-state index in [1.54, 1.807) is 12.1 Å². The van der Waals surface area contributed by atoms with Crippen molar-refractivity contribution in [2.75, 3.05) is 0 Å². The van der Waals surface area contributed by atoms with Gasteiger partial charge in [0.05, 0.1) is 6.10 Å². The molecule has 2 aromatic carbocycles. The molecule has 0 spiro atoms. The third-order valence-electron chi connectivity index (χ3n) is 3.31. The van der Waals surface area contributed by atoms with Gasteiger partial charge in [-0.15, -0.1) is 0 Å². The summed E-state index contributed by atoms with van der Waals surface area (Å²) < 4.78 is 19.7. The van der Waals surface area contributed by atoms with Gasteiger partial charge < -0.3 is 9.84 Å². The minimum Gasteiger partial charge on any atom is -0.491 e. The number of halogens is 1. The summed E-state index contributed by atoms with van der Waals surface area (Å²) in [5.41, 5.74) is 2.28. The minimum atomic E-state index is -1.12. The number of hydrogen-bond acceptors (Lipinski definition) is 2. The molecule has 2 aromatic rings. The maximum absolute atomic E-state index is 14.1. The number of rotatable bonds is 5. The highest BCUT2D eigenvalue weighted by atomic mass is 19.1. The SMILES string of the molecule is CC(C)Oc1ccc(F)c(-c2ccc(CCC#CC(=O)O)cc2)c1. The number of ether oxygens (including phenoxy) is 1. The van der Waals surface area contributed by atoms with Crippen LogP contribution in [0.1, 0.15) is 25.8 Å². The zero-order valence-corrected chi connectivity index (χ0v) is 13.7. The van der Waals surface area contributed by atoms with E-state index in [1.165, 1.54) is 6.07 Å². The van der Waals surface area contributed by atoms with Crippen LogP contribution < -0.4 is 4.74 Å². The second kappa shape index (κ2) is 8.16. The van der Waals surface area contributed by atoms with E-state index < -0.39 is 5.97 Å². The summed E-state index contributed by atoms with van der Waals surface area (Å²) in [5.74, 6) is 3.89. The van der Waals surface area contributed by atoms with Gasteiger partial charge in [0.15, 0.2) is 0 Å². The Morgan fingerprint density at radius 2 is 1.92 bits per heavy atom. The molecule has 0 atom stereocenters. The van der Waals surface area contributed by atoms with Crippen LogP contribution in [0.5, 0.6) is 5.75 Å². The first-order valence-corrected chi connectivity index (χ1v) is 7.73. The molecule has 0 bridgehead atoms. The number of carboxylic acids is 1. The van der Waals surface area contributed by atoms with E-state index in [-0.39, 0.29) is 11.9 Å². The lowest BCUT2D eigenvalue weighted by molar-refractivity contribution is -0.130. The highest BCUT2D eigenvalue weighted by molar-refractivity contribution is 5.86. The van der Waals surface area contributed by atoms with Crippen molar-refractivity contribution in [1.82, 2.24) is 0 Å². The summed E-state index contributed by atoms with van der Waals surface area (Å²) in [6, 6.07) is 12.2. The van der Waals surface area contributed by atoms with Gasteiger partial charge in [-0.3, -0.25) is 0 Å². The standard InChI is InChI=1S/C20H19FO3/c1-14(2)24-17-11-12-19(21)18(13-17)16-9-7-15(8-10-16)5-3-4-6-20(22)23/h7-14H,3,5H2,1-2H3,(H,22,23). The molecule has 0 saturated carbocycles. The van der Waals surface area contributed by atoms with E-state index in [4.69, 9.17) is 9.84 Å². The summed E-state index contributed by atoms with van der Waals surface area (Å²) >= 11 is 0. The summed E-state index contributed by atoms with van der Waals surface area (Å²) in [7, 11) is 0. The number of hydrogen-bond donors (Lipinski definition) is 1. The molecule has 0 aromatic heterocycles. The molecular formula is C20H19FO3. The Morgan fingerprint density at radius 1 is 1.21 bits per heavy atom. The second-order valence-corrected chi connectivity index (χ2v) is 5.61. The Kier molecular flexibility index (Phi) is 5.97. The Morgan fingerprint density at radius 3 is 2.54 bits per heavy atom. The number of carbonyl (C=O) groups is 1. The molecular weight excluding hydrogens is 307 g/mol. The Balaban J connectivity index is 2.13. The van der Waals surface area contributed by atoms with Crippen LogP contribution in [0.2, 0.25) is 0 Å². The molecule has 24 heavy (non-hydrogen) atoms. The Hall–Kier alpha value is -2.80. The number of carboxylic acid groups (broad SMARTS) is 1. The van der Waals surface area contributed by atoms with Crippen LogP contribution in [0.15, 0.2) is 42.5 Å². The van der Waals surface area contributed by atoms with Crippen molar-refractivity contribution in [3.8, 4) is 28.7 Å². The molecule has 0 unspecified atom stereocenters. The first kappa shape index (κ1) is 17.6. The fraction of sp³-hybridized carbons (Fsp3) is 0.250. The van der Waals surface area contributed by atoms with Gasteiger partial charge in [-0.2, -0.15) is 0 Å². The van der Waals surface area contributed by atoms with Crippen molar-refractivity contribution in [2.45, 2.75) is 32.8 Å². The maximum atomic E-state index is 14.1. The van der Waals surface area contributed by atoms with E-state index in [9.17, 15) is 9.18 Å². The van der Waals surface area contributed by atoms with Crippen LogP contribution in [0, 0.1) is 17.7 Å². The fourth-order valence-electron chi connectivity index (χ4n) is 2.27. The van der Waals surface area contributed by atoms with Crippen LogP contribution in [0.3, 0.4) is 0 Å². The molecule has 0 aliphatic rings. The van der Waals surface area contributed by atoms with Crippen LogP contribution in [-0.4, -0.2) is 17.2 Å². The van der Waals surface area contributed by atoms with Gasteiger partial charge >= 0.3 is 5.97 Å². The smallest absolute Gasteiger partial charge is 0.381 e. The summed E-state index contributed by atoms with van der Waals surface area (Å²) in [6.45, 7) is 3.84. The highest BCUT2D eigenvalue weighted by Crippen LogP contribution is 2.28. The predicted molar refractivity (Wildman–Crippen MR) is 91.3 cm³/mol. The summed E-state index contributed by atoms with van der Waals surface area (Å²) in [6.07, 6.45) is 1.15. The molecule has 0 fully saturated rings. The first-order chi connectivity index (χ1) is 11.5. The zero-order chi connectivity index (χ0) is 17.5. The van der Waals surface area contributed by atoms with Crippen molar-refractivity contribution in [1.29, 1.82) is 0 Å². The fourth-order valence-corrected chi connectivity index (χ4v) is 2.27. The average molecular weight is 326 g/mol. The second-order valence-electron chi connectivity index (χ2n) is 5.61. The van der Waals surface area contributed by atoms with Gasteiger partial charge in [-0.1, -0.05) is 30.2 Å². The molecule has 124 valence electrons. The van der Waals surface area contributed by atoms with Crippen LogP contribution in [0.25, 0.3) is 11.1 Å². The molecule has 0 aliphatic carbocycles. The molecule has 0 amide bonds. The Bertz CT molecular complexity index is 768. The van der Waals surface area contributed by atoms with Gasteiger partial charge in [0.2, 0.25) is 0 Å². The van der Waals surface area contributed by atoms with Crippen LogP contribution >= 0.6 is 0 Å². The van der Waals surface area contributed by atoms with Crippen molar-refractivity contribution >= 4 is 5.97 Å². The lowest BCUT2D eigenvalue weighted by Crippen LogP contribution is -2.05. The van der Waals surface area contributed by atoms with Crippen molar-refractivity contribution < 1.29 is 19.0 Å². The molecule has 0 radical (unpaired) electrons. The lowest BCUT2D eigenvalue weighted by atomic mass is 10.0. The third kappa shape index (κ3) is 5.13. The lowest BCUT2D eigenvalue weighted by Gasteiger charge is -2.12. The van der Waals surface area contributed by atoms with Crippen molar-refractivity contribution in [3.05, 3.63) is 53.8 Å². The van der Waals surface area contributed by atoms with Crippen LogP contribution in [0.4, 0.5) is 4.39 Å². The highest BCUT2D eigenvalue weighted by Gasteiger charge is 2.08. The number of aryl methyl sites for hydroxylation is 1. The minimum absolute atomic E-state index is 0.0256. The molecule has 4 heteroatoms. The maximum Gasteiger partial charge on any atom is 0.381 e. The molecule has 2 rings (SSSR count). The average Bonchev–Trinajstić information content (AvgIpc) is 2.53. The van der Waals surface area contributed by atoms with Gasteiger partial charge in [-0.25, -0.2) is 9.18 Å². The van der Waals surface area contributed by atoms with E-state index in [1.807, 2.05) is 38.1 Å². The largest absolute Gasteiger partial charge is 0.491 e. The van der Waals surface area contributed by atoms with E-state index in [0.29, 0.717) is 24.2 Å². The number of benzene rings is 2. The molecule has 0 heterocycles. The van der Waals surface area contributed by atoms with E-state index in [0.717, 1.165) is 11.1 Å². The molecule has 1 N–H and O–H groups in total. The monoisotopic (exact) mass is 326 g/mol. The molecule has 0 aliphatic heterocycles. The normalized spacial score (nSPS) is 10.2. The topological polar surface area (TPSA) is 46.5 Å². The third-order valence-corrected chi connectivity index (χ3v) is 3.31. The van der Waals surface area contributed by atoms with Gasteiger partial charge in [0.25, 0.3) is 0 Å². The Labute approximate surface area is 141 Å². The van der Waals surface area contributed by atoms with Crippen molar-refractivity contribution in [2.24, 2.45) is 0 Å². The van der Waals surface area contributed by atoms with Gasteiger partial charge in [0, 0.05) is 17.9 Å². The van der Waals surface area contributed by atoms with Crippen molar-refractivity contribution in [3.63, 3.8) is 0 Å².